The van der Waals surface area contributed by atoms with E-state index in [0.717, 1.165) is 19.4 Å². The summed E-state index contributed by atoms with van der Waals surface area (Å²) in [5.74, 6) is -0.331. The maximum Gasteiger partial charge on any atom is 0.240 e. The first-order chi connectivity index (χ1) is 9.97. The van der Waals surface area contributed by atoms with Gasteiger partial charge in [0.05, 0.1) is 4.90 Å². The normalized spacial score (nSPS) is 20.3. The van der Waals surface area contributed by atoms with Crippen LogP contribution in [0.1, 0.15) is 19.3 Å². The van der Waals surface area contributed by atoms with E-state index >= 15 is 0 Å². The lowest BCUT2D eigenvalue weighted by Gasteiger charge is -2.32. The van der Waals surface area contributed by atoms with Gasteiger partial charge in [0.25, 0.3) is 0 Å². The fourth-order valence-corrected chi connectivity index (χ4v) is 3.79. The van der Waals surface area contributed by atoms with Crippen LogP contribution in [-0.2, 0) is 14.8 Å². The predicted molar refractivity (Wildman–Crippen MR) is 80.0 cm³/mol. The average molecular weight is 311 g/mol. The Morgan fingerprint density at radius 2 is 2.05 bits per heavy atom. The van der Waals surface area contributed by atoms with Crippen molar-refractivity contribution in [1.82, 2.24) is 9.62 Å². The number of amides is 1. The number of piperidine rings is 1. The molecule has 2 rings (SSSR count). The predicted octanol–water partition coefficient (Wildman–Crippen LogP) is 0.305. The number of hydrogen-bond donors (Lipinski definition) is 2. The summed E-state index contributed by atoms with van der Waals surface area (Å²) in [6.07, 6.45) is 2.01. The van der Waals surface area contributed by atoms with Gasteiger partial charge < -0.3 is 10.6 Å². The molecule has 0 bridgehead atoms. The second kappa shape index (κ2) is 7.02. The zero-order valence-corrected chi connectivity index (χ0v) is 12.7. The van der Waals surface area contributed by atoms with Crippen LogP contribution in [0.2, 0.25) is 0 Å². The first kappa shape index (κ1) is 15.9. The van der Waals surface area contributed by atoms with E-state index in [9.17, 15) is 13.2 Å². The van der Waals surface area contributed by atoms with E-state index in [0.29, 0.717) is 19.5 Å². The number of nitrogens with two attached hydrogens (primary N) is 1. The maximum absolute atomic E-state index is 12.3. The molecule has 0 spiro atoms. The first-order valence-electron chi connectivity index (χ1n) is 7.05. The molecule has 1 aliphatic heterocycles. The van der Waals surface area contributed by atoms with Crippen LogP contribution in [0, 0.1) is 0 Å². The van der Waals surface area contributed by atoms with Crippen LogP contribution in [-0.4, -0.2) is 44.9 Å². The SMILES string of the molecule is NC(=O)CCN1CCC[C@@H](NS(=O)(=O)c2ccccc2)C1. The number of hydrogen-bond acceptors (Lipinski definition) is 4. The van der Waals surface area contributed by atoms with Gasteiger partial charge in [0.1, 0.15) is 0 Å². The molecule has 1 heterocycles. The number of primary amides is 1. The zero-order valence-electron chi connectivity index (χ0n) is 11.9. The van der Waals surface area contributed by atoms with Crippen molar-refractivity contribution in [3.8, 4) is 0 Å². The molecule has 116 valence electrons. The first-order valence-corrected chi connectivity index (χ1v) is 8.54. The largest absolute Gasteiger partial charge is 0.370 e. The molecular formula is C14H21N3O3S. The molecule has 1 fully saturated rings. The molecule has 0 aromatic heterocycles. The Hall–Kier alpha value is -1.44. The molecule has 1 aromatic rings. The van der Waals surface area contributed by atoms with Crippen LogP contribution in [0.5, 0.6) is 0 Å². The molecule has 0 unspecified atom stereocenters. The van der Waals surface area contributed by atoms with Crippen molar-refractivity contribution in [3.63, 3.8) is 0 Å². The van der Waals surface area contributed by atoms with Crippen LogP contribution in [0.15, 0.2) is 35.2 Å². The van der Waals surface area contributed by atoms with Crippen molar-refractivity contribution in [3.05, 3.63) is 30.3 Å². The average Bonchev–Trinajstić information content (AvgIpc) is 2.46. The standard InChI is InChI=1S/C14H21N3O3S/c15-14(18)8-10-17-9-4-5-12(11-17)16-21(19,20)13-6-2-1-3-7-13/h1-3,6-7,12,16H,4-5,8-11H2,(H2,15,18)/t12-/m1/s1. The fraction of sp³-hybridized carbons (Fsp3) is 0.500. The number of nitrogens with zero attached hydrogens (tertiary/aromatic N) is 1. The van der Waals surface area contributed by atoms with Gasteiger partial charge in [-0.2, -0.15) is 0 Å². The molecule has 1 amide bonds. The minimum absolute atomic E-state index is 0.128. The van der Waals surface area contributed by atoms with Gasteiger partial charge in [-0.05, 0) is 31.5 Å². The number of carbonyl (C=O) groups excluding carboxylic acids is 1. The third-order valence-corrected chi connectivity index (χ3v) is 5.09. The zero-order chi connectivity index (χ0) is 15.3. The second-order valence-electron chi connectivity index (χ2n) is 5.29. The quantitative estimate of drug-likeness (QED) is 0.790. The smallest absolute Gasteiger partial charge is 0.240 e. The molecule has 1 aromatic carbocycles. The summed E-state index contributed by atoms with van der Waals surface area (Å²) in [6, 6.07) is 8.22. The summed E-state index contributed by atoms with van der Waals surface area (Å²) in [7, 11) is -3.48. The molecule has 7 heteroatoms. The van der Waals surface area contributed by atoms with E-state index in [1.165, 1.54) is 0 Å². The molecule has 21 heavy (non-hydrogen) atoms. The second-order valence-corrected chi connectivity index (χ2v) is 7.00. The van der Waals surface area contributed by atoms with Crippen LogP contribution < -0.4 is 10.5 Å². The monoisotopic (exact) mass is 311 g/mol. The van der Waals surface area contributed by atoms with Crippen LogP contribution in [0.4, 0.5) is 0 Å². The molecule has 6 nitrogen and oxygen atoms in total. The molecular weight excluding hydrogens is 290 g/mol. The lowest BCUT2D eigenvalue weighted by atomic mass is 10.1. The van der Waals surface area contributed by atoms with Crippen molar-refractivity contribution < 1.29 is 13.2 Å². The van der Waals surface area contributed by atoms with Crippen molar-refractivity contribution in [1.29, 1.82) is 0 Å². The summed E-state index contributed by atoms with van der Waals surface area (Å²) in [4.78, 5) is 13.2. The Morgan fingerprint density at radius 1 is 1.33 bits per heavy atom. The number of rotatable bonds is 6. The molecule has 0 saturated carbocycles. The van der Waals surface area contributed by atoms with E-state index in [-0.39, 0.29) is 16.8 Å². The van der Waals surface area contributed by atoms with E-state index in [4.69, 9.17) is 5.73 Å². The molecule has 1 saturated heterocycles. The summed E-state index contributed by atoms with van der Waals surface area (Å²) >= 11 is 0. The Labute approximate surface area is 125 Å². The number of carbonyl (C=O) groups is 1. The van der Waals surface area contributed by atoms with Crippen LogP contribution in [0.3, 0.4) is 0 Å². The number of sulfonamides is 1. The fourth-order valence-electron chi connectivity index (χ4n) is 2.51. The highest BCUT2D eigenvalue weighted by Crippen LogP contribution is 2.14. The Bertz CT molecular complexity index is 574. The number of nitrogens with one attached hydrogen (secondary N) is 1. The summed E-state index contributed by atoms with van der Waals surface area (Å²) in [6.45, 7) is 2.06. The highest BCUT2D eigenvalue weighted by Gasteiger charge is 2.25. The van der Waals surface area contributed by atoms with Gasteiger partial charge in [-0.1, -0.05) is 18.2 Å². The molecule has 1 atom stereocenters. The summed E-state index contributed by atoms with van der Waals surface area (Å²) in [5, 5.41) is 0. The van der Waals surface area contributed by atoms with Crippen molar-refractivity contribution >= 4 is 15.9 Å². The highest BCUT2D eigenvalue weighted by atomic mass is 32.2. The van der Waals surface area contributed by atoms with E-state index < -0.39 is 10.0 Å². The number of likely N-dealkylation sites (tertiary alicyclic amines) is 1. The minimum Gasteiger partial charge on any atom is -0.370 e. The highest BCUT2D eigenvalue weighted by molar-refractivity contribution is 7.89. The molecule has 1 aliphatic rings. The number of benzene rings is 1. The Morgan fingerprint density at radius 3 is 2.71 bits per heavy atom. The van der Waals surface area contributed by atoms with Gasteiger partial charge >= 0.3 is 0 Å². The van der Waals surface area contributed by atoms with Gasteiger partial charge in [0.2, 0.25) is 15.9 Å². The third kappa shape index (κ3) is 4.80. The van der Waals surface area contributed by atoms with E-state index in [1.54, 1.807) is 30.3 Å². The Kier molecular flexibility index (Phi) is 5.33. The lowest BCUT2D eigenvalue weighted by Crippen LogP contribution is -2.48. The molecule has 0 aliphatic carbocycles. The Balaban J connectivity index is 1.94. The van der Waals surface area contributed by atoms with Crippen LogP contribution in [0.25, 0.3) is 0 Å². The van der Waals surface area contributed by atoms with E-state index in [2.05, 4.69) is 9.62 Å². The molecule has 0 radical (unpaired) electrons. The summed E-state index contributed by atoms with van der Waals surface area (Å²) in [5.41, 5.74) is 5.14. The maximum atomic E-state index is 12.3. The van der Waals surface area contributed by atoms with Crippen molar-refractivity contribution in [2.75, 3.05) is 19.6 Å². The minimum atomic E-state index is -3.48. The molecule has 3 N–H and O–H groups in total. The lowest BCUT2D eigenvalue weighted by molar-refractivity contribution is -0.118. The third-order valence-electron chi connectivity index (χ3n) is 3.56. The van der Waals surface area contributed by atoms with Gasteiger partial charge in [-0.15, -0.1) is 0 Å². The van der Waals surface area contributed by atoms with Gasteiger partial charge in [-0.25, -0.2) is 13.1 Å². The topological polar surface area (TPSA) is 92.5 Å². The summed E-state index contributed by atoms with van der Waals surface area (Å²) < 4.78 is 27.3. The van der Waals surface area contributed by atoms with Gasteiger partial charge in [-0.3, -0.25) is 4.79 Å². The van der Waals surface area contributed by atoms with Gasteiger partial charge in [0, 0.05) is 25.6 Å². The van der Waals surface area contributed by atoms with Crippen molar-refractivity contribution in [2.24, 2.45) is 5.73 Å². The van der Waals surface area contributed by atoms with Gasteiger partial charge in [0.15, 0.2) is 0 Å². The van der Waals surface area contributed by atoms with Crippen molar-refractivity contribution in [2.45, 2.75) is 30.2 Å². The van der Waals surface area contributed by atoms with Crippen LogP contribution >= 0.6 is 0 Å². The van der Waals surface area contributed by atoms with E-state index in [1.807, 2.05) is 0 Å².